The van der Waals surface area contributed by atoms with Crippen LogP contribution in [0.1, 0.15) is 44.6 Å². The minimum atomic E-state index is -0.419. The lowest BCUT2D eigenvalue weighted by molar-refractivity contribution is 0.302. The van der Waals surface area contributed by atoms with Crippen molar-refractivity contribution in [2.75, 3.05) is 6.26 Å². The van der Waals surface area contributed by atoms with Crippen molar-refractivity contribution >= 4 is 28.4 Å². The van der Waals surface area contributed by atoms with Gasteiger partial charge in [-0.15, -0.1) is 11.8 Å². The molecular weight excluding hydrogens is 357 g/mol. The maximum Gasteiger partial charge on any atom is 0.180 e. The normalized spacial score (nSPS) is 17.5. The Hall–Kier alpha value is -2.27. The number of thioether (sulfide) groups is 1. The number of aromatic nitrogens is 2. The van der Waals surface area contributed by atoms with E-state index in [2.05, 4.69) is 27.7 Å². The van der Waals surface area contributed by atoms with E-state index in [0.717, 1.165) is 32.8 Å². The van der Waals surface area contributed by atoms with Crippen LogP contribution in [0.5, 0.6) is 0 Å². The molecule has 3 aromatic rings. The Morgan fingerprint density at radius 1 is 0.963 bits per heavy atom. The summed E-state index contributed by atoms with van der Waals surface area (Å²) < 4.78 is 14.1. The van der Waals surface area contributed by atoms with Crippen LogP contribution in [0.2, 0.25) is 0 Å². The SMILES string of the molecule is CSc1nc(C2=NC(C)(C)C(C)(C)c3cc(F)ccc32)nc2ccccc12. The van der Waals surface area contributed by atoms with Gasteiger partial charge >= 0.3 is 0 Å². The fraction of sp³-hybridized carbons (Fsp3) is 0.318. The number of hydrogen-bond acceptors (Lipinski definition) is 4. The molecule has 5 heteroatoms. The van der Waals surface area contributed by atoms with E-state index in [0.29, 0.717) is 5.82 Å². The number of fused-ring (bicyclic) bond motifs is 2. The number of aliphatic imine (C=N–C) groups is 1. The average Bonchev–Trinajstić information content (AvgIpc) is 2.64. The smallest absolute Gasteiger partial charge is 0.180 e. The van der Waals surface area contributed by atoms with Crippen LogP contribution >= 0.6 is 11.8 Å². The van der Waals surface area contributed by atoms with Gasteiger partial charge in [-0.05, 0) is 49.9 Å². The van der Waals surface area contributed by atoms with Gasteiger partial charge in [-0.3, -0.25) is 4.99 Å². The van der Waals surface area contributed by atoms with E-state index in [9.17, 15) is 4.39 Å². The molecule has 2 heterocycles. The summed E-state index contributed by atoms with van der Waals surface area (Å²) >= 11 is 1.59. The minimum absolute atomic E-state index is 0.233. The molecule has 0 aliphatic carbocycles. The molecule has 0 unspecified atom stereocenters. The molecule has 0 saturated carbocycles. The van der Waals surface area contributed by atoms with Crippen molar-refractivity contribution in [3.8, 4) is 0 Å². The third kappa shape index (κ3) is 2.76. The Morgan fingerprint density at radius 3 is 2.44 bits per heavy atom. The number of benzene rings is 2. The van der Waals surface area contributed by atoms with Crippen LogP contribution in [-0.4, -0.2) is 27.5 Å². The number of hydrogen-bond donors (Lipinski definition) is 0. The van der Waals surface area contributed by atoms with Gasteiger partial charge in [0.05, 0.1) is 11.1 Å². The lowest BCUT2D eigenvalue weighted by Gasteiger charge is -2.44. The Kier molecular flexibility index (Phi) is 4.11. The summed E-state index contributed by atoms with van der Waals surface area (Å²) in [6, 6.07) is 12.9. The Balaban J connectivity index is 2.02. The van der Waals surface area contributed by atoms with Crippen molar-refractivity contribution in [1.29, 1.82) is 0 Å². The number of para-hydroxylation sites is 1. The van der Waals surface area contributed by atoms with E-state index in [1.165, 1.54) is 6.07 Å². The molecule has 0 saturated heterocycles. The van der Waals surface area contributed by atoms with E-state index in [-0.39, 0.29) is 11.2 Å². The maximum absolute atomic E-state index is 14.1. The van der Waals surface area contributed by atoms with Gasteiger partial charge in [-0.1, -0.05) is 32.0 Å². The second-order valence-corrected chi connectivity index (χ2v) is 8.70. The Bertz CT molecular complexity index is 1090. The molecule has 27 heavy (non-hydrogen) atoms. The number of halogens is 1. The van der Waals surface area contributed by atoms with Crippen molar-refractivity contribution in [1.82, 2.24) is 9.97 Å². The van der Waals surface area contributed by atoms with Crippen LogP contribution in [0.15, 0.2) is 52.5 Å². The molecule has 2 aromatic carbocycles. The lowest BCUT2D eigenvalue weighted by atomic mass is 9.66. The van der Waals surface area contributed by atoms with Gasteiger partial charge in [0, 0.05) is 16.4 Å². The molecular formula is C22H22FN3S. The van der Waals surface area contributed by atoms with E-state index in [1.54, 1.807) is 23.9 Å². The first-order chi connectivity index (χ1) is 12.7. The van der Waals surface area contributed by atoms with Crippen LogP contribution in [0.25, 0.3) is 10.9 Å². The van der Waals surface area contributed by atoms with Gasteiger partial charge in [0.15, 0.2) is 5.82 Å². The number of rotatable bonds is 2. The first-order valence-corrected chi connectivity index (χ1v) is 10.2. The zero-order chi connectivity index (χ0) is 19.4. The molecule has 0 N–H and O–H groups in total. The predicted molar refractivity (Wildman–Crippen MR) is 110 cm³/mol. The van der Waals surface area contributed by atoms with E-state index < -0.39 is 5.54 Å². The topological polar surface area (TPSA) is 38.1 Å². The minimum Gasteiger partial charge on any atom is -0.274 e. The quantitative estimate of drug-likeness (QED) is 0.442. The molecule has 0 fully saturated rings. The van der Waals surface area contributed by atoms with Crippen LogP contribution in [-0.2, 0) is 5.41 Å². The van der Waals surface area contributed by atoms with E-state index in [1.807, 2.05) is 30.5 Å². The van der Waals surface area contributed by atoms with Crippen molar-refractivity contribution < 1.29 is 4.39 Å². The van der Waals surface area contributed by atoms with Crippen molar-refractivity contribution in [2.24, 2.45) is 4.99 Å². The second kappa shape index (κ2) is 6.13. The summed E-state index contributed by atoms with van der Waals surface area (Å²) in [5.41, 5.74) is 2.74. The zero-order valence-electron chi connectivity index (χ0n) is 16.2. The summed E-state index contributed by atoms with van der Waals surface area (Å²) in [7, 11) is 0. The molecule has 0 bridgehead atoms. The van der Waals surface area contributed by atoms with Gasteiger partial charge in [0.2, 0.25) is 0 Å². The van der Waals surface area contributed by atoms with Gasteiger partial charge < -0.3 is 0 Å². The average molecular weight is 380 g/mol. The second-order valence-electron chi connectivity index (χ2n) is 7.91. The van der Waals surface area contributed by atoms with Crippen molar-refractivity contribution in [2.45, 2.75) is 43.7 Å². The summed E-state index contributed by atoms with van der Waals surface area (Å²) in [6.07, 6.45) is 2.01. The highest BCUT2D eigenvalue weighted by Gasteiger charge is 2.44. The lowest BCUT2D eigenvalue weighted by Crippen LogP contribution is -2.46. The van der Waals surface area contributed by atoms with Gasteiger partial charge in [-0.25, -0.2) is 14.4 Å². The highest BCUT2D eigenvalue weighted by molar-refractivity contribution is 7.98. The molecule has 1 aliphatic heterocycles. The predicted octanol–water partition coefficient (Wildman–Crippen LogP) is 5.40. The third-order valence-corrected chi connectivity index (χ3v) is 6.50. The van der Waals surface area contributed by atoms with Gasteiger partial charge in [-0.2, -0.15) is 0 Å². The number of nitrogens with zero attached hydrogens (tertiary/aromatic N) is 3. The monoisotopic (exact) mass is 379 g/mol. The first kappa shape index (κ1) is 18.1. The van der Waals surface area contributed by atoms with E-state index >= 15 is 0 Å². The molecule has 0 atom stereocenters. The summed E-state index contributed by atoms with van der Waals surface area (Å²) in [4.78, 5) is 14.6. The van der Waals surface area contributed by atoms with Crippen LogP contribution in [0, 0.1) is 5.82 Å². The molecule has 1 aliphatic rings. The van der Waals surface area contributed by atoms with Crippen LogP contribution in [0.3, 0.4) is 0 Å². The zero-order valence-corrected chi connectivity index (χ0v) is 17.0. The summed E-state index contributed by atoms with van der Waals surface area (Å²) in [6.45, 7) is 8.38. The fourth-order valence-corrected chi connectivity index (χ4v) is 4.10. The molecule has 138 valence electrons. The Morgan fingerprint density at radius 2 is 1.70 bits per heavy atom. The van der Waals surface area contributed by atoms with E-state index in [4.69, 9.17) is 15.0 Å². The van der Waals surface area contributed by atoms with Crippen LogP contribution < -0.4 is 0 Å². The maximum atomic E-state index is 14.1. The molecule has 0 radical (unpaired) electrons. The standard InChI is InChI=1S/C22H22FN3S/c1-21(2)16-12-13(23)10-11-14(16)18(26-22(21,3)4)19-24-17-9-7-6-8-15(17)20(25-19)27-5/h6-12H,1-5H3. The van der Waals surface area contributed by atoms with Crippen molar-refractivity contribution in [3.05, 3.63) is 65.2 Å². The largest absolute Gasteiger partial charge is 0.274 e. The highest BCUT2D eigenvalue weighted by atomic mass is 32.2. The fourth-order valence-electron chi connectivity index (χ4n) is 3.53. The van der Waals surface area contributed by atoms with Crippen molar-refractivity contribution in [3.63, 3.8) is 0 Å². The Labute approximate surface area is 163 Å². The third-order valence-electron chi connectivity index (χ3n) is 5.80. The highest BCUT2D eigenvalue weighted by Crippen LogP contribution is 2.44. The molecule has 4 rings (SSSR count). The summed E-state index contributed by atoms with van der Waals surface area (Å²) in [5.74, 6) is 0.359. The van der Waals surface area contributed by atoms with Gasteiger partial charge in [0.1, 0.15) is 16.6 Å². The summed E-state index contributed by atoms with van der Waals surface area (Å²) in [5, 5.41) is 1.95. The van der Waals surface area contributed by atoms with Crippen LogP contribution in [0.4, 0.5) is 4.39 Å². The van der Waals surface area contributed by atoms with Gasteiger partial charge in [0.25, 0.3) is 0 Å². The first-order valence-electron chi connectivity index (χ1n) is 8.96. The molecule has 1 aromatic heterocycles. The molecule has 0 spiro atoms. The molecule has 0 amide bonds. The molecule has 3 nitrogen and oxygen atoms in total.